The van der Waals surface area contributed by atoms with Crippen LogP contribution in [-0.2, 0) is 4.74 Å². The third kappa shape index (κ3) is 3.48. The second-order valence-electron chi connectivity index (χ2n) is 7.52. The Morgan fingerprint density at radius 3 is 2.77 bits per heavy atom. The number of aromatic nitrogens is 4. The van der Waals surface area contributed by atoms with Crippen molar-refractivity contribution in [1.29, 1.82) is 0 Å². The standard InChI is InChI=1S/C22H21N5O4/c23-22-25-20-19(21(30)26-22)24-17(27(20)18-10-15(29)16(11-28)31-18)8-6-12-5-7-13-3-1-2-4-14(13)9-12/h1-9,15-16,18,28-29H,10-11H2,(H3,23,25,26,30)/b8-6+/t15-,16+,18+/m0/s1. The number of nitrogens with two attached hydrogens (primary N) is 1. The number of nitrogen functional groups attached to an aromatic ring is 1. The van der Waals surface area contributed by atoms with Crippen molar-refractivity contribution in [3.63, 3.8) is 0 Å². The lowest BCUT2D eigenvalue weighted by atomic mass is 10.1. The molecule has 4 aromatic rings. The second kappa shape index (κ2) is 7.62. The van der Waals surface area contributed by atoms with E-state index < -0.39 is 24.0 Å². The molecule has 158 valence electrons. The molecule has 0 spiro atoms. The SMILES string of the molecule is Nc1nc2c(nc(/C=C/c3ccc4ccccc4c3)n2[C@H]2C[C@H](O)[C@@H](CO)O2)c(=O)[nH]1. The minimum atomic E-state index is -0.843. The third-order valence-corrected chi connectivity index (χ3v) is 5.47. The van der Waals surface area contributed by atoms with Crippen molar-refractivity contribution in [3.05, 3.63) is 64.2 Å². The molecule has 9 nitrogen and oxygen atoms in total. The van der Waals surface area contributed by atoms with Crippen molar-refractivity contribution in [3.8, 4) is 0 Å². The van der Waals surface area contributed by atoms with E-state index in [0.29, 0.717) is 5.82 Å². The predicted octanol–water partition coefficient (Wildman–Crippen LogP) is 1.67. The van der Waals surface area contributed by atoms with Gasteiger partial charge in [-0.05, 0) is 28.5 Å². The molecule has 0 aliphatic carbocycles. The quantitative estimate of drug-likeness (QED) is 0.394. The molecule has 3 heterocycles. The summed E-state index contributed by atoms with van der Waals surface area (Å²) in [5.41, 5.74) is 6.62. The zero-order valence-corrected chi connectivity index (χ0v) is 16.5. The van der Waals surface area contributed by atoms with Gasteiger partial charge < -0.3 is 20.7 Å². The summed E-state index contributed by atoms with van der Waals surface area (Å²) in [5.74, 6) is 0.392. The first-order valence-corrected chi connectivity index (χ1v) is 9.92. The van der Waals surface area contributed by atoms with Gasteiger partial charge in [-0.3, -0.25) is 14.3 Å². The molecular formula is C22H21N5O4. The number of aromatic amines is 1. The zero-order chi connectivity index (χ0) is 21.5. The molecule has 1 aliphatic rings. The molecule has 5 N–H and O–H groups in total. The lowest BCUT2D eigenvalue weighted by Crippen LogP contribution is -2.24. The smallest absolute Gasteiger partial charge is 0.280 e. The topological polar surface area (TPSA) is 139 Å². The van der Waals surface area contributed by atoms with E-state index in [9.17, 15) is 15.0 Å². The van der Waals surface area contributed by atoms with Crippen LogP contribution >= 0.6 is 0 Å². The molecule has 31 heavy (non-hydrogen) atoms. The summed E-state index contributed by atoms with van der Waals surface area (Å²) >= 11 is 0. The number of aliphatic hydroxyl groups is 2. The van der Waals surface area contributed by atoms with Gasteiger partial charge in [0.05, 0.1) is 12.7 Å². The van der Waals surface area contributed by atoms with E-state index in [-0.39, 0.29) is 30.1 Å². The van der Waals surface area contributed by atoms with E-state index in [2.05, 4.69) is 21.0 Å². The number of hydrogen-bond donors (Lipinski definition) is 4. The van der Waals surface area contributed by atoms with Crippen LogP contribution in [0, 0.1) is 0 Å². The van der Waals surface area contributed by atoms with Crippen molar-refractivity contribution in [2.75, 3.05) is 12.3 Å². The molecule has 5 rings (SSSR count). The molecule has 0 unspecified atom stereocenters. The van der Waals surface area contributed by atoms with E-state index in [0.717, 1.165) is 16.3 Å². The molecule has 3 atom stereocenters. The van der Waals surface area contributed by atoms with Gasteiger partial charge in [0.15, 0.2) is 11.2 Å². The fourth-order valence-corrected chi connectivity index (χ4v) is 3.94. The minimum absolute atomic E-state index is 0.0408. The second-order valence-corrected chi connectivity index (χ2v) is 7.52. The molecule has 0 saturated carbocycles. The molecule has 2 aromatic heterocycles. The molecule has 0 radical (unpaired) electrons. The fourth-order valence-electron chi connectivity index (χ4n) is 3.94. The Kier molecular flexibility index (Phi) is 4.78. The number of ether oxygens (including phenoxy) is 1. The number of H-pyrrole nitrogens is 1. The largest absolute Gasteiger partial charge is 0.394 e. The Balaban J connectivity index is 1.61. The van der Waals surface area contributed by atoms with Crippen molar-refractivity contribution in [2.24, 2.45) is 0 Å². The Bertz CT molecular complexity index is 1360. The van der Waals surface area contributed by atoms with Crippen molar-refractivity contribution in [2.45, 2.75) is 24.9 Å². The highest BCUT2D eigenvalue weighted by Gasteiger charge is 2.36. The van der Waals surface area contributed by atoms with Gasteiger partial charge in [0.25, 0.3) is 5.56 Å². The van der Waals surface area contributed by atoms with Gasteiger partial charge in [-0.25, -0.2) is 4.98 Å². The third-order valence-electron chi connectivity index (χ3n) is 5.47. The molecule has 9 heteroatoms. The summed E-state index contributed by atoms with van der Waals surface area (Å²) < 4.78 is 7.44. The number of rotatable bonds is 4. The Morgan fingerprint density at radius 2 is 2.00 bits per heavy atom. The maximum absolute atomic E-state index is 12.4. The monoisotopic (exact) mass is 419 g/mol. The molecule has 0 amide bonds. The summed E-state index contributed by atoms with van der Waals surface area (Å²) in [4.78, 5) is 23.5. The Morgan fingerprint density at radius 1 is 1.19 bits per heavy atom. The van der Waals surface area contributed by atoms with Gasteiger partial charge in [0.2, 0.25) is 5.95 Å². The number of imidazole rings is 1. The lowest BCUT2D eigenvalue weighted by Gasteiger charge is -2.15. The number of fused-ring (bicyclic) bond motifs is 2. The summed E-state index contributed by atoms with van der Waals surface area (Å²) in [7, 11) is 0. The number of benzene rings is 2. The maximum atomic E-state index is 12.4. The van der Waals surface area contributed by atoms with Crippen molar-refractivity contribution >= 4 is 40.0 Å². The number of aliphatic hydroxyl groups excluding tert-OH is 2. The van der Waals surface area contributed by atoms with Crippen molar-refractivity contribution in [1.82, 2.24) is 19.5 Å². The Labute approximate surface area is 176 Å². The van der Waals surface area contributed by atoms with Crippen LogP contribution in [0.5, 0.6) is 0 Å². The first kappa shape index (κ1) is 19.4. The number of hydrogen-bond acceptors (Lipinski definition) is 7. The normalized spacial score (nSPS) is 21.5. The number of nitrogens with one attached hydrogen (secondary N) is 1. The fraction of sp³-hybridized carbons (Fsp3) is 0.227. The van der Waals surface area contributed by atoms with Gasteiger partial charge in [0, 0.05) is 6.42 Å². The van der Waals surface area contributed by atoms with Crippen LogP contribution in [-0.4, -0.2) is 48.5 Å². The molecule has 1 fully saturated rings. The predicted molar refractivity (Wildman–Crippen MR) is 117 cm³/mol. The van der Waals surface area contributed by atoms with Gasteiger partial charge in [-0.15, -0.1) is 0 Å². The lowest BCUT2D eigenvalue weighted by molar-refractivity contribution is -0.0433. The van der Waals surface area contributed by atoms with Crippen LogP contribution in [0.1, 0.15) is 24.0 Å². The highest BCUT2D eigenvalue weighted by atomic mass is 16.5. The first-order valence-electron chi connectivity index (χ1n) is 9.92. The van der Waals surface area contributed by atoms with Gasteiger partial charge in [-0.2, -0.15) is 4.98 Å². The maximum Gasteiger partial charge on any atom is 0.280 e. The zero-order valence-electron chi connectivity index (χ0n) is 16.5. The molecule has 1 saturated heterocycles. The summed E-state index contributed by atoms with van der Waals surface area (Å²) in [6.07, 6.45) is 1.66. The van der Waals surface area contributed by atoms with Crippen LogP contribution in [0.25, 0.3) is 34.1 Å². The highest BCUT2D eigenvalue weighted by Crippen LogP contribution is 2.32. The van der Waals surface area contributed by atoms with Crippen molar-refractivity contribution < 1.29 is 14.9 Å². The van der Waals surface area contributed by atoms with E-state index in [4.69, 9.17) is 10.5 Å². The number of anilines is 1. The minimum Gasteiger partial charge on any atom is -0.394 e. The van der Waals surface area contributed by atoms with Crippen LogP contribution in [0.4, 0.5) is 5.95 Å². The molecule has 0 bridgehead atoms. The molecule has 2 aromatic carbocycles. The van der Waals surface area contributed by atoms with Crippen LogP contribution in [0.15, 0.2) is 47.3 Å². The Hall–Kier alpha value is -3.53. The van der Waals surface area contributed by atoms with E-state index in [1.807, 2.05) is 42.5 Å². The first-order chi connectivity index (χ1) is 15.0. The summed E-state index contributed by atoms with van der Waals surface area (Å²) in [5, 5.41) is 21.9. The average Bonchev–Trinajstić information content (AvgIpc) is 3.31. The molecular weight excluding hydrogens is 398 g/mol. The van der Waals surface area contributed by atoms with E-state index >= 15 is 0 Å². The van der Waals surface area contributed by atoms with Gasteiger partial charge >= 0.3 is 0 Å². The van der Waals surface area contributed by atoms with Crippen LogP contribution in [0.3, 0.4) is 0 Å². The van der Waals surface area contributed by atoms with E-state index in [1.54, 1.807) is 10.6 Å². The van der Waals surface area contributed by atoms with Crippen LogP contribution < -0.4 is 11.3 Å². The summed E-state index contributed by atoms with van der Waals surface area (Å²) in [6.45, 7) is -0.317. The van der Waals surface area contributed by atoms with Gasteiger partial charge in [-0.1, -0.05) is 42.5 Å². The average molecular weight is 419 g/mol. The highest BCUT2D eigenvalue weighted by molar-refractivity contribution is 5.86. The molecule has 1 aliphatic heterocycles. The van der Waals surface area contributed by atoms with E-state index in [1.165, 1.54) is 0 Å². The summed E-state index contributed by atoms with van der Waals surface area (Å²) in [6, 6.07) is 14.1. The number of nitrogens with zero attached hydrogens (tertiary/aromatic N) is 3. The van der Waals surface area contributed by atoms with Gasteiger partial charge in [0.1, 0.15) is 18.2 Å². The van der Waals surface area contributed by atoms with Crippen LogP contribution in [0.2, 0.25) is 0 Å².